The van der Waals surface area contributed by atoms with E-state index in [2.05, 4.69) is 5.32 Å². The van der Waals surface area contributed by atoms with Crippen molar-refractivity contribution >= 4 is 51.6 Å². The van der Waals surface area contributed by atoms with Gasteiger partial charge in [0.2, 0.25) is 0 Å². The number of carbonyl (C=O) groups is 2. The number of benzene rings is 2. The van der Waals surface area contributed by atoms with Crippen molar-refractivity contribution in [3.05, 3.63) is 58.1 Å². The van der Waals surface area contributed by atoms with E-state index in [0.29, 0.717) is 20.6 Å². The van der Waals surface area contributed by atoms with Crippen LogP contribution < -0.4 is 5.32 Å². The zero-order valence-corrected chi connectivity index (χ0v) is 15.7. The number of hydrogen-bond donors (Lipinski definition) is 1. The van der Waals surface area contributed by atoms with Crippen molar-refractivity contribution in [2.45, 2.75) is 17.9 Å². The molecule has 0 saturated heterocycles. The van der Waals surface area contributed by atoms with Crippen LogP contribution in [0.25, 0.3) is 0 Å². The van der Waals surface area contributed by atoms with Crippen molar-refractivity contribution < 1.29 is 18.5 Å². The third-order valence-electron chi connectivity index (χ3n) is 3.20. The summed E-state index contributed by atoms with van der Waals surface area (Å²) in [6.45, 7) is 1.44. The van der Waals surface area contributed by atoms with E-state index in [0.717, 1.165) is 0 Å². The molecule has 0 aromatic heterocycles. The lowest BCUT2D eigenvalue weighted by Crippen LogP contribution is -2.30. The normalized spacial score (nSPS) is 13.0. The Morgan fingerprint density at radius 2 is 1.72 bits per heavy atom. The SMILES string of the molecule is C[C@@H](OC(=O)c1ccccc1[S@@](C)=O)C(=O)Nc1cc(Cl)cc(Cl)c1. The average molecular weight is 400 g/mol. The van der Waals surface area contributed by atoms with Crippen LogP contribution in [0.15, 0.2) is 47.4 Å². The number of ether oxygens (including phenoxy) is 1. The van der Waals surface area contributed by atoms with E-state index in [4.69, 9.17) is 27.9 Å². The quantitative estimate of drug-likeness (QED) is 0.773. The van der Waals surface area contributed by atoms with Gasteiger partial charge in [0.05, 0.1) is 21.3 Å². The third kappa shape index (κ3) is 5.29. The summed E-state index contributed by atoms with van der Waals surface area (Å²) >= 11 is 11.7. The Labute approximate surface area is 157 Å². The summed E-state index contributed by atoms with van der Waals surface area (Å²) in [5, 5.41) is 3.31. The summed E-state index contributed by atoms with van der Waals surface area (Å²) in [4.78, 5) is 24.8. The molecule has 0 aliphatic heterocycles. The molecule has 0 bridgehead atoms. The Balaban J connectivity index is 2.08. The van der Waals surface area contributed by atoms with Crippen molar-refractivity contribution in [1.82, 2.24) is 0 Å². The Bertz CT molecular complexity index is 821. The zero-order valence-electron chi connectivity index (χ0n) is 13.4. The smallest absolute Gasteiger partial charge is 0.340 e. The predicted molar refractivity (Wildman–Crippen MR) is 98.7 cm³/mol. The fourth-order valence-corrected chi connectivity index (χ4v) is 3.29. The van der Waals surface area contributed by atoms with E-state index in [1.165, 1.54) is 37.4 Å². The molecule has 2 rings (SSSR count). The molecular weight excluding hydrogens is 385 g/mol. The third-order valence-corrected chi connectivity index (χ3v) is 4.61. The van der Waals surface area contributed by atoms with Crippen LogP contribution in [-0.2, 0) is 20.3 Å². The van der Waals surface area contributed by atoms with Crippen LogP contribution in [0.5, 0.6) is 0 Å². The molecule has 2 aromatic rings. The monoisotopic (exact) mass is 399 g/mol. The molecule has 0 fully saturated rings. The highest BCUT2D eigenvalue weighted by molar-refractivity contribution is 7.84. The Morgan fingerprint density at radius 1 is 1.12 bits per heavy atom. The highest BCUT2D eigenvalue weighted by atomic mass is 35.5. The highest BCUT2D eigenvalue weighted by Crippen LogP contribution is 2.23. The fraction of sp³-hybridized carbons (Fsp3) is 0.176. The van der Waals surface area contributed by atoms with Gasteiger partial charge >= 0.3 is 5.97 Å². The van der Waals surface area contributed by atoms with E-state index in [1.807, 2.05) is 0 Å². The van der Waals surface area contributed by atoms with Crippen LogP contribution in [0.1, 0.15) is 17.3 Å². The van der Waals surface area contributed by atoms with Crippen LogP contribution in [0.3, 0.4) is 0 Å². The van der Waals surface area contributed by atoms with Gasteiger partial charge in [0, 0.05) is 22.0 Å². The first-order chi connectivity index (χ1) is 11.8. The number of carbonyl (C=O) groups excluding carboxylic acids is 2. The van der Waals surface area contributed by atoms with Crippen molar-refractivity contribution in [2.75, 3.05) is 11.6 Å². The van der Waals surface area contributed by atoms with Gasteiger partial charge in [-0.1, -0.05) is 35.3 Å². The molecule has 132 valence electrons. The Hall–Kier alpha value is -1.89. The second-order valence-electron chi connectivity index (χ2n) is 5.15. The Morgan fingerprint density at radius 3 is 2.32 bits per heavy atom. The molecule has 1 amide bonds. The van der Waals surface area contributed by atoms with Crippen LogP contribution in [0.2, 0.25) is 10.0 Å². The largest absolute Gasteiger partial charge is 0.449 e. The lowest BCUT2D eigenvalue weighted by molar-refractivity contribution is -0.123. The number of amides is 1. The molecule has 1 N–H and O–H groups in total. The van der Waals surface area contributed by atoms with Crippen LogP contribution in [0, 0.1) is 0 Å². The molecule has 5 nitrogen and oxygen atoms in total. The highest BCUT2D eigenvalue weighted by Gasteiger charge is 2.22. The first-order valence-electron chi connectivity index (χ1n) is 7.18. The zero-order chi connectivity index (χ0) is 18.6. The molecule has 0 aliphatic rings. The van der Waals surface area contributed by atoms with Gasteiger partial charge in [-0.2, -0.15) is 0 Å². The second-order valence-corrected chi connectivity index (χ2v) is 7.37. The molecule has 8 heteroatoms. The van der Waals surface area contributed by atoms with E-state index in [1.54, 1.807) is 18.2 Å². The number of esters is 1. The van der Waals surface area contributed by atoms with Gasteiger partial charge in [-0.05, 0) is 37.3 Å². The average Bonchev–Trinajstić information content (AvgIpc) is 2.53. The first-order valence-corrected chi connectivity index (χ1v) is 9.49. The van der Waals surface area contributed by atoms with Crippen molar-refractivity contribution in [3.8, 4) is 0 Å². The summed E-state index contributed by atoms with van der Waals surface area (Å²) in [5.41, 5.74) is 0.550. The van der Waals surface area contributed by atoms with Crippen LogP contribution in [-0.4, -0.2) is 28.4 Å². The standard InChI is InChI=1S/C17H15Cl2NO4S/c1-10(16(21)20-13-8-11(18)7-12(19)9-13)24-17(22)14-5-3-4-6-15(14)25(2)23/h3-10H,1-2H3,(H,20,21)/t10-,25-/m1/s1. The summed E-state index contributed by atoms with van der Waals surface area (Å²) < 4.78 is 16.9. The van der Waals surface area contributed by atoms with Gasteiger partial charge in [-0.25, -0.2) is 4.79 Å². The van der Waals surface area contributed by atoms with Gasteiger partial charge < -0.3 is 10.1 Å². The Kier molecular flexibility index (Phi) is 6.58. The molecule has 0 heterocycles. The maximum Gasteiger partial charge on any atom is 0.340 e. The molecule has 0 unspecified atom stereocenters. The summed E-state index contributed by atoms with van der Waals surface area (Å²) in [6.07, 6.45) is 0.397. The molecule has 0 spiro atoms. The van der Waals surface area contributed by atoms with Crippen molar-refractivity contribution in [1.29, 1.82) is 0 Å². The second kappa shape index (κ2) is 8.47. The molecule has 2 aromatic carbocycles. The molecule has 0 radical (unpaired) electrons. The molecule has 0 saturated carbocycles. The van der Waals surface area contributed by atoms with E-state index in [9.17, 15) is 13.8 Å². The lowest BCUT2D eigenvalue weighted by atomic mass is 10.2. The topological polar surface area (TPSA) is 72.5 Å². The van der Waals surface area contributed by atoms with Crippen molar-refractivity contribution in [2.24, 2.45) is 0 Å². The molecule has 0 aliphatic carbocycles. The summed E-state index contributed by atoms with van der Waals surface area (Å²) in [7, 11) is -1.35. The maximum absolute atomic E-state index is 12.3. The van der Waals surface area contributed by atoms with Gasteiger partial charge in [0.1, 0.15) is 0 Å². The predicted octanol–water partition coefficient (Wildman–Crippen LogP) is 3.91. The van der Waals surface area contributed by atoms with Gasteiger partial charge in [0.15, 0.2) is 6.10 Å². The van der Waals surface area contributed by atoms with Gasteiger partial charge in [0.25, 0.3) is 5.91 Å². The molecule has 25 heavy (non-hydrogen) atoms. The summed E-state index contributed by atoms with van der Waals surface area (Å²) in [6, 6.07) is 11.0. The van der Waals surface area contributed by atoms with Crippen molar-refractivity contribution in [3.63, 3.8) is 0 Å². The number of halogens is 2. The minimum atomic E-state index is -1.35. The number of anilines is 1. The maximum atomic E-state index is 12.3. The minimum absolute atomic E-state index is 0.161. The first kappa shape index (κ1) is 19.4. The minimum Gasteiger partial charge on any atom is -0.449 e. The molecule has 2 atom stereocenters. The number of nitrogens with one attached hydrogen (secondary N) is 1. The van der Waals surface area contributed by atoms with Gasteiger partial charge in [-0.3, -0.25) is 9.00 Å². The number of rotatable bonds is 5. The van der Waals surface area contributed by atoms with Crippen LogP contribution >= 0.6 is 23.2 Å². The number of hydrogen-bond acceptors (Lipinski definition) is 4. The van der Waals surface area contributed by atoms with Gasteiger partial charge in [-0.15, -0.1) is 0 Å². The van der Waals surface area contributed by atoms with E-state index >= 15 is 0 Å². The lowest BCUT2D eigenvalue weighted by Gasteiger charge is -2.15. The summed E-state index contributed by atoms with van der Waals surface area (Å²) in [5.74, 6) is -1.26. The fourth-order valence-electron chi connectivity index (χ4n) is 2.03. The van der Waals surface area contributed by atoms with E-state index < -0.39 is 28.8 Å². The molecular formula is C17H15Cl2NO4S. The van der Waals surface area contributed by atoms with E-state index in [-0.39, 0.29) is 5.56 Å². The van der Waals surface area contributed by atoms with Crippen LogP contribution in [0.4, 0.5) is 5.69 Å².